The van der Waals surface area contributed by atoms with E-state index in [9.17, 15) is 4.79 Å². The summed E-state index contributed by atoms with van der Waals surface area (Å²) in [5, 5.41) is 12.3. The molecule has 1 aromatic heterocycles. The number of aryl methyl sites for hydroxylation is 1. The minimum atomic E-state index is -1.35. The van der Waals surface area contributed by atoms with Crippen LogP contribution in [0.3, 0.4) is 0 Å². The first-order chi connectivity index (χ1) is 21.9. The van der Waals surface area contributed by atoms with E-state index in [4.69, 9.17) is 10.1 Å². The molecule has 0 unspecified atom stereocenters. The van der Waals surface area contributed by atoms with E-state index in [2.05, 4.69) is 140 Å². The van der Waals surface area contributed by atoms with Crippen LogP contribution >= 0.6 is 0 Å². The van der Waals surface area contributed by atoms with E-state index < -0.39 is 8.07 Å². The van der Waals surface area contributed by atoms with E-state index in [1.807, 2.05) is 6.20 Å². The first kappa shape index (κ1) is 37.2. The summed E-state index contributed by atoms with van der Waals surface area (Å²) in [5.41, 5.74) is 12.6. The zero-order chi connectivity index (χ0) is 34.5. The van der Waals surface area contributed by atoms with Crippen molar-refractivity contribution in [2.75, 3.05) is 0 Å². The Morgan fingerprint density at radius 1 is 0.896 bits per heavy atom. The van der Waals surface area contributed by atoms with Crippen LogP contribution in [0.4, 0.5) is 0 Å². The van der Waals surface area contributed by atoms with Gasteiger partial charge in [-0.15, -0.1) is 29.1 Å². The summed E-state index contributed by atoms with van der Waals surface area (Å²) in [5.74, 6) is -0.0625. The topological polar surface area (TPSA) is 50.2 Å². The maximum Gasteiger partial charge on any atom is 0.155 e. The second-order valence-electron chi connectivity index (χ2n) is 15.5. The van der Waals surface area contributed by atoms with Gasteiger partial charge in [-0.25, -0.2) is 0 Å². The summed E-state index contributed by atoms with van der Waals surface area (Å²) in [6.07, 6.45) is 3.15. The first-order valence-corrected chi connectivity index (χ1v) is 20.0. The van der Waals surface area contributed by atoms with Gasteiger partial charge in [0.05, 0.1) is 13.8 Å². The number of fused-ring (bicyclic) bond motifs is 4. The Morgan fingerprint density at radius 3 is 2.15 bits per heavy atom. The Morgan fingerprint density at radius 2 is 1.56 bits per heavy atom. The Balaban J connectivity index is 0.000000589. The molecule has 5 heteroatoms. The van der Waals surface area contributed by atoms with E-state index in [1.54, 1.807) is 0 Å². The molecule has 0 aliphatic heterocycles. The van der Waals surface area contributed by atoms with Gasteiger partial charge in [-0.1, -0.05) is 119 Å². The molecule has 0 saturated heterocycles. The predicted molar refractivity (Wildman–Crippen MR) is 202 cm³/mol. The summed E-state index contributed by atoms with van der Waals surface area (Å²) in [6.45, 7) is 24.0. The number of aromatic nitrogens is 1. The van der Waals surface area contributed by atoms with Crippen molar-refractivity contribution in [2.24, 2.45) is 0 Å². The molecule has 0 atom stereocenters. The van der Waals surface area contributed by atoms with Gasteiger partial charge in [0.1, 0.15) is 0 Å². The molecule has 48 heavy (non-hydrogen) atoms. The molecule has 4 aromatic carbocycles. The summed E-state index contributed by atoms with van der Waals surface area (Å²) < 4.78 is 0. The van der Waals surface area contributed by atoms with Crippen molar-refractivity contribution < 1.29 is 30.0 Å². The Bertz CT molecular complexity index is 2040. The van der Waals surface area contributed by atoms with Crippen LogP contribution in [0.15, 0.2) is 90.8 Å². The van der Waals surface area contributed by atoms with E-state index in [1.165, 1.54) is 75.0 Å². The Hall–Kier alpha value is -3.63. The molecule has 1 N–H and O–H groups in total. The van der Waals surface area contributed by atoms with Crippen molar-refractivity contribution in [3.05, 3.63) is 119 Å². The fraction of sp³-hybridized carbons (Fsp3) is 0.302. The smallest absolute Gasteiger partial charge is 0.155 e. The molecule has 6 rings (SSSR count). The molecule has 1 aliphatic carbocycles. The van der Waals surface area contributed by atoms with Gasteiger partial charge in [0.25, 0.3) is 0 Å². The van der Waals surface area contributed by atoms with Crippen LogP contribution < -0.4 is 5.19 Å². The van der Waals surface area contributed by atoms with Gasteiger partial charge in [0.2, 0.25) is 0 Å². The van der Waals surface area contributed by atoms with Crippen LogP contribution in [0.25, 0.3) is 44.3 Å². The van der Waals surface area contributed by atoms with Crippen molar-refractivity contribution in [3.63, 3.8) is 0 Å². The standard InChI is InChI=1S/C38H40NSi.C5H8O2.Ir/c1-24-20-28(40(7,8)9)15-17-29(24)26-14-16-31-32-18-19-39-36(35(32)38(5,6)34(31)22-26)27-21-25-12-10-11-13-30(25)33(23-27)37(2,3)4;1-4(6)3-5(2)7;/h10-20,22-23H,1-9H3;3,6H,1-2H3;/q-1;;/b;4-3-;. The number of benzene rings is 4. The molecule has 5 aromatic rings. The number of aliphatic hydroxyl groups is 1. The van der Waals surface area contributed by atoms with Gasteiger partial charge in [-0.05, 0) is 77.3 Å². The van der Waals surface area contributed by atoms with Gasteiger partial charge in [0, 0.05) is 43.5 Å². The number of carbonyl (C=O) groups is 1. The molecular formula is C43H48IrNO2Si-. The number of hydrogen-bond acceptors (Lipinski definition) is 3. The van der Waals surface area contributed by atoms with Crippen LogP contribution in [0.1, 0.15) is 70.7 Å². The van der Waals surface area contributed by atoms with Gasteiger partial charge in [-0.2, -0.15) is 0 Å². The third kappa shape index (κ3) is 7.34. The monoisotopic (exact) mass is 831 g/mol. The third-order valence-electron chi connectivity index (χ3n) is 9.21. The number of rotatable bonds is 4. The van der Waals surface area contributed by atoms with E-state index in [0.29, 0.717) is 0 Å². The van der Waals surface area contributed by atoms with Crippen LogP contribution in [-0.4, -0.2) is 23.9 Å². The zero-order valence-electron chi connectivity index (χ0n) is 30.2. The third-order valence-corrected chi connectivity index (χ3v) is 11.3. The predicted octanol–water partition coefficient (Wildman–Crippen LogP) is 10.9. The van der Waals surface area contributed by atoms with Crippen LogP contribution in [-0.2, 0) is 35.7 Å². The SMILES string of the molecule is CC(=O)/C=C(/C)O.Cc1cc([Si](C)(C)C)ccc1-c1ccc2c(c1)C(C)(C)c1c-2ccnc1-c1[c-]c2ccccc2c(C(C)(C)C)c1.[Ir]. The number of hydrogen-bond donors (Lipinski definition) is 1. The minimum absolute atomic E-state index is 0. The molecule has 1 aliphatic rings. The molecule has 1 radical (unpaired) electrons. The van der Waals surface area contributed by atoms with Crippen molar-refractivity contribution in [3.8, 4) is 33.5 Å². The molecule has 0 amide bonds. The Labute approximate surface area is 301 Å². The van der Waals surface area contributed by atoms with Crippen LogP contribution in [0.5, 0.6) is 0 Å². The van der Waals surface area contributed by atoms with Gasteiger partial charge < -0.3 is 5.11 Å². The second-order valence-corrected chi connectivity index (χ2v) is 20.6. The normalized spacial score (nSPS) is 13.6. The molecule has 0 bridgehead atoms. The molecule has 0 fully saturated rings. The summed E-state index contributed by atoms with van der Waals surface area (Å²) in [4.78, 5) is 15.0. The summed E-state index contributed by atoms with van der Waals surface area (Å²) in [7, 11) is -1.35. The summed E-state index contributed by atoms with van der Waals surface area (Å²) >= 11 is 0. The van der Waals surface area contributed by atoms with Gasteiger partial charge in [-0.3, -0.25) is 9.78 Å². The largest absolute Gasteiger partial charge is 0.512 e. The number of ketones is 1. The van der Waals surface area contributed by atoms with Gasteiger partial charge in [0.15, 0.2) is 5.78 Å². The van der Waals surface area contributed by atoms with Crippen LogP contribution in [0.2, 0.25) is 19.6 Å². The number of aliphatic hydroxyl groups excluding tert-OH is 1. The maximum absolute atomic E-state index is 10.0. The average molecular weight is 831 g/mol. The number of pyridine rings is 1. The Kier molecular flexibility index (Phi) is 10.6. The molecule has 0 saturated carbocycles. The van der Waals surface area contributed by atoms with E-state index >= 15 is 0 Å². The average Bonchev–Trinajstić information content (AvgIpc) is 3.21. The first-order valence-electron chi connectivity index (χ1n) is 16.5. The fourth-order valence-corrected chi connectivity index (χ4v) is 8.08. The van der Waals surface area contributed by atoms with Crippen molar-refractivity contribution in [1.29, 1.82) is 0 Å². The van der Waals surface area contributed by atoms with Crippen molar-refractivity contribution in [2.45, 2.75) is 85.9 Å². The maximum atomic E-state index is 10.0. The molecule has 0 spiro atoms. The second kappa shape index (κ2) is 13.7. The van der Waals surface area contributed by atoms with Gasteiger partial charge >= 0.3 is 0 Å². The number of nitrogens with zero attached hydrogens (tertiary/aromatic N) is 1. The molecule has 1 heterocycles. The minimum Gasteiger partial charge on any atom is -0.512 e. The van der Waals surface area contributed by atoms with Crippen molar-refractivity contribution in [1.82, 2.24) is 4.98 Å². The van der Waals surface area contributed by atoms with Crippen LogP contribution in [0, 0.1) is 13.0 Å². The number of allylic oxidation sites excluding steroid dienone is 2. The molecular weight excluding hydrogens is 783 g/mol. The number of carbonyl (C=O) groups excluding carboxylic acids is 1. The molecule has 3 nitrogen and oxygen atoms in total. The summed E-state index contributed by atoms with van der Waals surface area (Å²) in [6, 6.07) is 31.1. The zero-order valence-corrected chi connectivity index (χ0v) is 33.6. The van der Waals surface area contributed by atoms with Crippen molar-refractivity contribution >= 4 is 29.8 Å². The van der Waals surface area contributed by atoms with E-state index in [0.717, 1.165) is 16.6 Å². The molecule has 251 valence electrons. The van der Waals surface area contributed by atoms with E-state index in [-0.39, 0.29) is 42.5 Å². The fourth-order valence-electron chi connectivity index (χ4n) is 6.85. The quantitative estimate of drug-likeness (QED) is 0.0850.